The van der Waals surface area contributed by atoms with Crippen molar-refractivity contribution in [2.45, 2.75) is 38.4 Å². The van der Waals surface area contributed by atoms with Crippen LogP contribution in [-0.2, 0) is 16.1 Å². The molecule has 0 spiro atoms. The standard InChI is InChI=1S/C17H19FN2O5/c1-10-4-2-3-5-11(10)9-24-13-6-15(25-14(13)8-21)20-7-12(18)16(22)19-17(20)23/h2-5,7,13-15,21H,6,8-9H2,1H3,(H,19,22,23)/t13?,14-,15-/m0/s1. The lowest BCUT2D eigenvalue weighted by Gasteiger charge is -2.17. The summed E-state index contributed by atoms with van der Waals surface area (Å²) < 4.78 is 25.9. The normalized spacial score (nSPS) is 23.1. The fraction of sp³-hybridized carbons (Fsp3) is 0.412. The van der Waals surface area contributed by atoms with Gasteiger partial charge in [-0.2, -0.15) is 4.39 Å². The molecule has 0 amide bonds. The molecule has 2 N–H and O–H groups in total. The summed E-state index contributed by atoms with van der Waals surface area (Å²) in [5, 5.41) is 9.50. The first-order valence-electron chi connectivity index (χ1n) is 7.93. The average molecular weight is 350 g/mol. The highest BCUT2D eigenvalue weighted by Gasteiger charge is 2.37. The van der Waals surface area contributed by atoms with Crippen LogP contribution in [0.3, 0.4) is 0 Å². The Kier molecular flexibility index (Phi) is 5.12. The maximum absolute atomic E-state index is 13.5. The van der Waals surface area contributed by atoms with E-state index in [0.717, 1.165) is 21.9 Å². The summed E-state index contributed by atoms with van der Waals surface area (Å²) in [4.78, 5) is 24.9. The van der Waals surface area contributed by atoms with Crippen molar-refractivity contribution < 1.29 is 19.0 Å². The third-order valence-corrected chi connectivity index (χ3v) is 4.31. The molecule has 1 aliphatic heterocycles. The van der Waals surface area contributed by atoms with Crippen LogP contribution in [0.5, 0.6) is 0 Å². The van der Waals surface area contributed by atoms with Crippen molar-refractivity contribution in [3.05, 3.63) is 68.2 Å². The molecule has 1 aromatic carbocycles. The van der Waals surface area contributed by atoms with Gasteiger partial charge in [-0.25, -0.2) is 4.79 Å². The molecule has 8 heteroatoms. The monoisotopic (exact) mass is 350 g/mol. The number of halogens is 1. The Labute approximate surface area is 142 Å². The van der Waals surface area contributed by atoms with Gasteiger partial charge in [0.2, 0.25) is 5.82 Å². The number of nitrogens with zero attached hydrogens (tertiary/aromatic N) is 1. The van der Waals surface area contributed by atoms with E-state index >= 15 is 0 Å². The first-order chi connectivity index (χ1) is 12.0. The topological polar surface area (TPSA) is 93.6 Å². The Morgan fingerprint density at radius 3 is 2.88 bits per heavy atom. The van der Waals surface area contributed by atoms with Crippen LogP contribution in [0.4, 0.5) is 4.39 Å². The number of hydrogen-bond acceptors (Lipinski definition) is 5. The summed E-state index contributed by atoms with van der Waals surface area (Å²) in [7, 11) is 0. The Morgan fingerprint density at radius 2 is 2.16 bits per heavy atom. The van der Waals surface area contributed by atoms with E-state index in [-0.39, 0.29) is 13.0 Å². The lowest BCUT2D eigenvalue weighted by Crippen LogP contribution is -2.34. The van der Waals surface area contributed by atoms with Gasteiger partial charge in [0.05, 0.1) is 25.5 Å². The van der Waals surface area contributed by atoms with Gasteiger partial charge in [0.15, 0.2) is 0 Å². The number of aromatic nitrogens is 2. The third kappa shape index (κ3) is 3.71. The summed E-state index contributed by atoms with van der Waals surface area (Å²) in [6.45, 7) is 2.01. The average Bonchev–Trinajstić information content (AvgIpc) is 3.00. The molecular formula is C17H19FN2O5. The number of aliphatic hydroxyl groups is 1. The Balaban J connectivity index is 1.75. The van der Waals surface area contributed by atoms with E-state index in [9.17, 15) is 19.1 Å². The highest BCUT2D eigenvalue weighted by Crippen LogP contribution is 2.30. The minimum Gasteiger partial charge on any atom is -0.394 e. The SMILES string of the molecule is Cc1ccccc1COC1C[C@@H](n2cc(F)c(=O)[nH]c2=O)O[C@H]1CO. The maximum Gasteiger partial charge on any atom is 0.330 e. The summed E-state index contributed by atoms with van der Waals surface area (Å²) in [5.41, 5.74) is 0.241. The van der Waals surface area contributed by atoms with Crippen LogP contribution in [0.1, 0.15) is 23.8 Å². The molecule has 0 aliphatic carbocycles. The van der Waals surface area contributed by atoms with Gasteiger partial charge in [0.1, 0.15) is 12.3 Å². The van der Waals surface area contributed by atoms with Gasteiger partial charge in [0, 0.05) is 6.42 Å². The van der Waals surface area contributed by atoms with Crippen molar-refractivity contribution in [1.82, 2.24) is 9.55 Å². The van der Waals surface area contributed by atoms with Crippen molar-refractivity contribution in [2.75, 3.05) is 6.61 Å². The van der Waals surface area contributed by atoms with Crippen molar-refractivity contribution in [3.63, 3.8) is 0 Å². The number of ether oxygens (including phenoxy) is 2. The number of H-pyrrole nitrogens is 1. The smallest absolute Gasteiger partial charge is 0.330 e. The number of nitrogens with one attached hydrogen (secondary N) is 1. The number of aryl methyl sites for hydroxylation is 1. The second kappa shape index (κ2) is 7.30. The van der Waals surface area contributed by atoms with Gasteiger partial charge in [0.25, 0.3) is 5.56 Å². The Bertz CT molecular complexity index is 863. The zero-order valence-corrected chi connectivity index (χ0v) is 13.6. The molecule has 2 aromatic rings. The van der Waals surface area contributed by atoms with Gasteiger partial charge in [-0.3, -0.25) is 14.3 Å². The zero-order valence-electron chi connectivity index (χ0n) is 13.6. The third-order valence-electron chi connectivity index (χ3n) is 4.31. The van der Waals surface area contributed by atoms with Crippen molar-refractivity contribution in [3.8, 4) is 0 Å². The predicted molar refractivity (Wildman–Crippen MR) is 86.6 cm³/mol. The van der Waals surface area contributed by atoms with Gasteiger partial charge in [-0.05, 0) is 18.1 Å². The van der Waals surface area contributed by atoms with E-state index in [4.69, 9.17) is 9.47 Å². The Morgan fingerprint density at radius 1 is 1.40 bits per heavy atom. The molecule has 1 aliphatic rings. The van der Waals surface area contributed by atoms with E-state index in [1.165, 1.54) is 0 Å². The quantitative estimate of drug-likeness (QED) is 0.834. The second-order valence-corrected chi connectivity index (χ2v) is 5.97. The molecule has 3 rings (SSSR count). The zero-order chi connectivity index (χ0) is 18.0. The molecule has 1 fully saturated rings. The van der Waals surface area contributed by atoms with E-state index in [1.807, 2.05) is 36.2 Å². The van der Waals surface area contributed by atoms with Gasteiger partial charge in [-0.1, -0.05) is 24.3 Å². The summed E-state index contributed by atoms with van der Waals surface area (Å²) in [6, 6.07) is 7.75. The number of hydrogen-bond donors (Lipinski definition) is 2. The minimum absolute atomic E-state index is 0.252. The maximum atomic E-state index is 13.5. The molecular weight excluding hydrogens is 331 g/mol. The second-order valence-electron chi connectivity index (χ2n) is 5.97. The van der Waals surface area contributed by atoms with Gasteiger partial charge >= 0.3 is 5.69 Å². The van der Waals surface area contributed by atoms with Crippen LogP contribution in [0.25, 0.3) is 0 Å². The lowest BCUT2D eigenvalue weighted by molar-refractivity contribution is -0.0660. The number of rotatable bonds is 5. The van der Waals surface area contributed by atoms with Crippen LogP contribution >= 0.6 is 0 Å². The van der Waals surface area contributed by atoms with Crippen LogP contribution in [0, 0.1) is 12.7 Å². The molecule has 134 valence electrons. The first-order valence-corrected chi connectivity index (χ1v) is 7.93. The lowest BCUT2D eigenvalue weighted by atomic mass is 10.1. The molecule has 0 radical (unpaired) electrons. The number of benzene rings is 1. The summed E-state index contributed by atoms with van der Waals surface area (Å²) in [6.07, 6.45) is -0.864. The van der Waals surface area contributed by atoms with Crippen molar-refractivity contribution in [2.24, 2.45) is 0 Å². The first kappa shape index (κ1) is 17.5. The molecule has 0 saturated carbocycles. The van der Waals surface area contributed by atoms with Gasteiger partial charge < -0.3 is 14.6 Å². The Hall–Kier alpha value is -2.29. The van der Waals surface area contributed by atoms with Crippen LogP contribution in [0.15, 0.2) is 40.1 Å². The van der Waals surface area contributed by atoms with E-state index in [1.54, 1.807) is 0 Å². The van der Waals surface area contributed by atoms with Crippen LogP contribution in [0.2, 0.25) is 0 Å². The van der Waals surface area contributed by atoms with Gasteiger partial charge in [-0.15, -0.1) is 0 Å². The molecule has 0 bridgehead atoms. The number of aromatic amines is 1. The fourth-order valence-corrected chi connectivity index (χ4v) is 2.85. The largest absolute Gasteiger partial charge is 0.394 e. The molecule has 2 heterocycles. The molecule has 7 nitrogen and oxygen atoms in total. The molecule has 1 aromatic heterocycles. The molecule has 1 saturated heterocycles. The highest BCUT2D eigenvalue weighted by atomic mass is 19.1. The van der Waals surface area contributed by atoms with E-state index < -0.39 is 35.5 Å². The molecule has 1 unspecified atom stereocenters. The highest BCUT2D eigenvalue weighted by molar-refractivity contribution is 5.24. The van der Waals surface area contributed by atoms with Crippen LogP contribution < -0.4 is 11.2 Å². The van der Waals surface area contributed by atoms with Crippen molar-refractivity contribution in [1.29, 1.82) is 0 Å². The number of aliphatic hydroxyl groups excluding tert-OH is 1. The van der Waals surface area contributed by atoms with E-state index in [0.29, 0.717) is 6.61 Å². The minimum atomic E-state index is -1.08. The molecule has 3 atom stereocenters. The molecule has 25 heavy (non-hydrogen) atoms. The predicted octanol–water partition coefficient (Wildman–Crippen LogP) is 0.849. The van der Waals surface area contributed by atoms with Crippen molar-refractivity contribution >= 4 is 0 Å². The van der Waals surface area contributed by atoms with Crippen LogP contribution in [-0.4, -0.2) is 33.5 Å². The fourth-order valence-electron chi connectivity index (χ4n) is 2.85. The summed E-state index contributed by atoms with van der Waals surface area (Å²) in [5.74, 6) is -1.08. The van der Waals surface area contributed by atoms with E-state index in [2.05, 4.69) is 0 Å². The summed E-state index contributed by atoms with van der Waals surface area (Å²) >= 11 is 0.